The van der Waals surface area contributed by atoms with Crippen LogP contribution in [0, 0.1) is 0 Å². The average molecular weight is 461 g/mol. The molecule has 0 atom stereocenters. The molecule has 0 fully saturated rings. The smallest absolute Gasteiger partial charge is 0.416 e. The molecular formula is C21H18F3N5O2S. The van der Waals surface area contributed by atoms with Crippen molar-refractivity contribution in [3.63, 3.8) is 0 Å². The first-order valence-corrected chi connectivity index (χ1v) is 10.6. The average Bonchev–Trinajstić information content (AvgIpc) is 3.44. The summed E-state index contributed by atoms with van der Waals surface area (Å²) in [5.41, 5.74) is 0.539. The molecule has 0 aliphatic rings. The summed E-state index contributed by atoms with van der Waals surface area (Å²) in [6.07, 6.45) is -4.39. The van der Waals surface area contributed by atoms with Crippen molar-refractivity contribution in [2.24, 2.45) is 0 Å². The summed E-state index contributed by atoms with van der Waals surface area (Å²) in [6.45, 7) is 2.63. The van der Waals surface area contributed by atoms with E-state index in [4.69, 9.17) is 9.26 Å². The molecule has 4 rings (SSSR count). The Morgan fingerprint density at radius 3 is 2.50 bits per heavy atom. The number of methoxy groups -OCH3 is 1. The minimum atomic E-state index is -4.39. The zero-order valence-electron chi connectivity index (χ0n) is 17.1. The van der Waals surface area contributed by atoms with E-state index in [-0.39, 0.29) is 5.82 Å². The summed E-state index contributed by atoms with van der Waals surface area (Å²) < 4.78 is 50.8. The van der Waals surface area contributed by atoms with Gasteiger partial charge in [0.2, 0.25) is 11.7 Å². The molecule has 0 spiro atoms. The van der Waals surface area contributed by atoms with E-state index in [9.17, 15) is 13.2 Å². The number of hydrogen-bond acceptors (Lipinski definition) is 7. The molecule has 0 aliphatic heterocycles. The number of hydrogen-bond donors (Lipinski definition) is 0. The normalized spacial score (nSPS) is 11.7. The summed E-state index contributed by atoms with van der Waals surface area (Å²) in [5.74, 6) is 2.26. The van der Waals surface area contributed by atoms with Crippen molar-refractivity contribution in [1.82, 2.24) is 24.9 Å². The van der Waals surface area contributed by atoms with E-state index >= 15 is 0 Å². The summed E-state index contributed by atoms with van der Waals surface area (Å²) in [6, 6.07) is 12.2. The molecule has 7 nitrogen and oxygen atoms in total. The fourth-order valence-electron chi connectivity index (χ4n) is 3.07. The second-order valence-corrected chi connectivity index (χ2v) is 7.57. The van der Waals surface area contributed by atoms with Crippen molar-refractivity contribution >= 4 is 11.8 Å². The molecular weight excluding hydrogens is 443 g/mol. The molecule has 2 aromatic heterocycles. The van der Waals surface area contributed by atoms with Crippen LogP contribution in [0.2, 0.25) is 0 Å². The number of rotatable bonds is 7. The molecule has 0 amide bonds. The van der Waals surface area contributed by atoms with Crippen molar-refractivity contribution in [3.8, 4) is 28.5 Å². The lowest BCUT2D eigenvalue weighted by Gasteiger charge is -2.09. The van der Waals surface area contributed by atoms with Crippen molar-refractivity contribution in [1.29, 1.82) is 0 Å². The Morgan fingerprint density at radius 2 is 1.81 bits per heavy atom. The number of aromatic nitrogens is 5. The predicted molar refractivity (Wildman–Crippen MR) is 112 cm³/mol. The first-order valence-electron chi connectivity index (χ1n) is 9.60. The van der Waals surface area contributed by atoms with Crippen molar-refractivity contribution < 1.29 is 22.4 Å². The van der Waals surface area contributed by atoms with Gasteiger partial charge in [-0.15, -0.1) is 10.2 Å². The number of halogens is 3. The van der Waals surface area contributed by atoms with Gasteiger partial charge in [0.25, 0.3) is 0 Å². The molecule has 11 heteroatoms. The minimum absolute atomic E-state index is 0.223. The van der Waals surface area contributed by atoms with E-state index in [2.05, 4.69) is 20.3 Å². The fraction of sp³-hybridized carbons (Fsp3) is 0.238. The first kappa shape index (κ1) is 21.9. The Hall–Kier alpha value is -3.34. The van der Waals surface area contributed by atoms with Crippen molar-refractivity contribution in [2.75, 3.05) is 7.11 Å². The van der Waals surface area contributed by atoms with Crippen molar-refractivity contribution in [2.45, 2.75) is 30.6 Å². The number of nitrogens with zero attached hydrogens (tertiary/aromatic N) is 5. The van der Waals surface area contributed by atoms with E-state index in [1.54, 1.807) is 7.11 Å². The third-order valence-corrected chi connectivity index (χ3v) is 5.60. The highest BCUT2D eigenvalue weighted by atomic mass is 32.2. The van der Waals surface area contributed by atoms with Gasteiger partial charge in [-0.2, -0.15) is 18.2 Å². The zero-order chi connectivity index (χ0) is 22.7. The predicted octanol–water partition coefficient (Wildman–Crippen LogP) is 5.33. The monoisotopic (exact) mass is 461 g/mol. The van der Waals surface area contributed by atoms with Crippen LogP contribution in [0.1, 0.15) is 18.4 Å². The molecule has 166 valence electrons. The number of para-hydroxylation sites is 1. The van der Waals surface area contributed by atoms with E-state index < -0.39 is 11.7 Å². The molecule has 2 heterocycles. The third-order valence-electron chi connectivity index (χ3n) is 4.64. The van der Waals surface area contributed by atoms with Gasteiger partial charge in [-0.1, -0.05) is 41.2 Å². The van der Waals surface area contributed by atoms with E-state index in [1.807, 2.05) is 35.8 Å². The third kappa shape index (κ3) is 4.47. The summed E-state index contributed by atoms with van der Waals surface area (Å²) in [4.78, 5) is 4.28. The van der Waals surface area contributed by atoms with Gasteiger partial charge in [-0.3, -0.25) is 0 Å². The lowest BCUT2D eigenvalue weighted by Crippen LogP contribution is -2.04. The second-order valence-electron chi connectivity index (χ2n) is 6.63. The molecule has 4 aromatic rings. The molecule has 0 N–H and O–H groups in total. The van der Waals surface area contributed by atoms with Gasteiger partial charge in [0.1, 0.15) is 5.75 Å². The molecule has 0 radical (unpaired) electrons. The molecule has 0 unspecified atom stereocenters. The van der Waals surface area contributed by atoms with Crippen LogP contribution in [0.25, 0.3) is 22.8 Å². The van der Waals surface area contributed by atoms with Crippen LogP contribution >= 0.6 is 11.8 Å². The molecule has 0 aliphatic carbocycles. The van der Waals surface area contributed by atoms with Crippen LogP contribution in [0.15, 0.2) is 58.2 Å². The Balaban J connectivity index is 1.49. The highest BCUT2D eigenvalue weighted by molar-refractivity contribution is 7.98. The molecule has 0 saturated carbocycles. The van der Waals surface area contributed by atoms with E-state index in [0.29, 0.717) is 40.5 Å². The van der Waals surface area contributed by atoms with Gasteiger partial charge in [0.15, 0.2) is 11.0 Å². The Kier molecular flexibility index (Phi) is 6.17. The largest absolute Gasteiger partial charge is 0.496 e. The van der Waals surface area contributed by atoms with Gasteiger partial charge in [-0.25, -0.2) is 0 Å². The van der Waals surface area contributed by atoms with Crippen LogP contribution < -0.4 is 4.74 Å². The summed E-state index contributed by atoms with van der Waals surface area (Å²) in [5, 5.41) is 13.1. The quantitative estimate of drug-likeness (QED) is 0.344. The van der Waals surface area contributed by atoms with Crippen LogP contribution in [-0.2, 0) is 18.5 Å². The number of ether oxygens (including phenoxy) is 1. The SMILES string of the molecule is CCn1c(SCc2nc(-c3ccc(C(F)(F)F)cc3)no2)nnc1-c1ccccc1OC. The van der Waals surface area contributed by atoms with Gasteiger partial charge in [0, 0.05) is 12.1 Å². The lowest BCUT2D eigenvalue weighted by molar-refractivity contribution is -0.137. The zero-order valence-corrected chi connectivity index (χ0v) is 17.9. The van der Waals surface area contributed by atoms with Crippen LogP contribution in [0.4, 0.5) is 13.2 Å². The molecule has 2 aromatic carbocycles. The summed E-state index contributed by atoms with van der Waals surface area (Å²) >= 11 is 1.37. The Bertz CT molecular complexity index is 1200. The number of thioether (sulfide) groups is 1. The highest BCUT2D eigenvalue weighted by Gasteiger charge is 2.30. The maximum absolute atomic E-state index is 12.7. The van der Waals surface area contributed by atoms with Crippen LogP contribution in [0.3, 0.4) is 0 Å². The molecule has 32 heavy (non-hydrogen) atoms. The van der Waals surface area contributed by atoms with Gasteiger partial charge >= 0.3 is 6.18 Å². The topological polar surface area (TPSA) is 78.9 Å². The van der Waals surface area contributed by atoms with Crippen LogP contribution in [0.5, 0.6) is 5.75 Å². The fourth-order valence-corrected chi connectivity index (χ4v) is 3.91. The summed E-state index contributed by atoms with van der Waals surface area (Å²) in [7, 11) is 1.60. The second kappa shape index (κ2) is 9.03. The number of benzene rings is 2. The van der Waals surface area contributed by atoms with Crippen molar-refractivity contribution in [3.05, 3.63) is 60.0 Å². The minimum Gasteiger partial charge on any atom is -0.496 e. The maximum Gasteiger partial charge on any atom is 0.416 e. The van der Waals surface area contributed by atoms with E-state index in [1.165, 1.54) is 23.9 Å². The number of alkyl halides is 3. The highest BCUT2D eigenvalue weighted by Crippen LogP contribution is 2.32. The lowest BCUT2D eigenvalue weighted by atomic mass is 10.1. The van der Waals surface area contributed by atoms with Gasteiger partial charge < -0.3 is 13.8 Å². The van der Waals surface area contributed by atoms with Gasteiger partial charge in [0.05, 0.1) is 24.0 Å². The van der Waals surface area contributed by atoms with Crippen LogP contribution in [-0.4, -0.2) is 32.0 Å². The first-order chi connectivity index (χ1) is 15.4. The van der Waals surface area contributed by atoms with E-state index in [0.717, 1.165) is 17.7 Å². The Morgan fingerprint density at radius 1 is 1.06 bits per heavy atom. The maximum atomic E-state index is 12.7. The molecule has 0 bridgehead atoms. The van der Waals surface area contributed by atoms with Gasteiger partial charge in [-0.05, 0) is 31.2 Å². The standard InChI is InChI=1S/C21H18F3N5O2S/c1-3-29-19(15-6-4-5-7-16(15)30-2)26-27-20(29)32-12-17-25-18(28-31-17)13-8-10-14(11-9-13)21(22,23)24/h4-11H,3,12H2,1-2H3. The molecule has 0 saturated heterocycles. The Labute approximate surface area is 185 Å².